The molecule has 0 bridgehead atoms. The molecule has 12 N–H and O–H groups in total. The number of anilines is 5. The van der Waals surface area contributed by atoms with Crippen LogP contribution in [0.5, 0.6) is 0 Å². The van der Waals surface area contributed by atoms with Gasteiger partial charge in [0.05, 0.1) is 33.1 Å². The fraction of sp³-hybridized carbons (Fsp3) is 0.419. The number of aryl methyl sites for hydroxylation is 3. The van der Waals surface area contributed by atoms with Crippen LogP contribution in [0.25, 0.3) is 76.8 Å². The highest BCUT2D eigenvalue weighted by Gasteiger charge is 2.23. The van der Waals surface area contributed by atoms with Crippen LogP contribution in [-0.4, -0.2) is 114 Å². The zero-order chi connectivity index (χ0) is 80.7. The van der Waals surface area contributed by atoms with Gasteiger partial charge in [-0.1, -0.05) is 222 Å². The molecule has 115 heavy (non-hydrogen) atoms. The van der Waals surface area contributed by atoms with Gasteiger partial charge in [0.25, 0.3) is 0 Å². The molecular formula is C93H123N21O. The summed E-state index contributed by atoms with van der Waals surface area (Å²) in [7, 11) is 0. The Morgan fingerprint density at radius 1 is 0.391 bits per heavy atom. The third kappa shape index (κ3) is 21.8. The Bertz CT molecular complexity index is 5250. The molecule has 0 saturated carbocycles. The molecule has 15 rings (SSSR count). The largest absolute Gasteiger partial charge is 0.412 e. The predicted molar refractivity (Wildman–Crippen MR) is 478 cm³/mol. The second-order valence-corrected chi connectivity index (χ2v) is 31.5. The van der Waals surface area contributed by atoms with Gasteiger partial charge in [0.15, 0.2) is 23.3 Å². The topological polar surface area (TPSA) is 288 Å². The van der Waals surface area contributed by atoms with Gasteiger partial charge in [0, 0.05) is 106 Å². The predicted octanol–water partition coefficient (Wildman–Crippen LogP) is 17.7. The van der Waals surface area contributed by atoms with Crippen LogP contribution >= 0.6 is 0 Å². The number of nitrogens with one attached hydrogen (secondary N) is 4. The van der Waals surface area contributed by atoms with Crippen molar-refractivity contribution in [1.29, 1.82) is 0 Å². The Morgan fingerprint density at radius 2 is 0.843 bits per heavy atom. The van der Waals surface area contributed by atoms with E-state index < -0.39 is 0 Å². The first-order chi connectivity index (χ1) is 56.0. The number of benzene rings is 6. The molecule has 1 saturated heterocycles. The van der Waals surface area contributed by atoms with Crippen LogP contribution in [-0.2, 0) is 58.5 Å². The van der Waals surface area contributed by atoms with Crippen molar-refractivity contribution in [3.8, 4) is 0 Å². The van der Waals surface area contributed by atoms with E-state index in [0.717, 1.165) is 236 Å². The van der Waals surface area contributed by atoms with Gasteiger partial charge >= 0.3 is 0 Å². The van der Waals surface area contributed by atoms with Crippen molar-refractivity contribution in [1.82, 2.24) is 79.2 Å². The van der Waals surface area contributed by atoms with Crippen LogP contribution < -0.4 is 49.0 Å². The fourth-order valence-electron chi connectivity index (χ4n) is 14.9. The molecule has 6 aromatic carbocycles. The number of pyridine rings is 3. The Kier molecular flexibility index (Phi) is 29.8. The first kappa shape index (κ1) is 83.6. The first-order valence-corrected chi connectivity index (χ1v) is 42.2. The van der Waals surface area contributed by atoms with Crippen LogP contribution in [0.3, 0.4) is 0 Å². The normalized spacial score (nSPS) is 12.5. The maximum Gasteiger partial charge on any atom is 0.222 e. The molecule has 22 nitrogen and oxygen atoms in total. The molecule has 1 aliphatic rings. The lowest BCUT2D eigenvalue weighted by atomic mass is 10.1. The number of likely N-dealkylation sites (tertiary alicyclic amines) is 1. The Morgan fingerprint density at radius 3 is 1.34 bits per heavy atom. The number of nitrogens with two attached hydrogens (primary N) is 4. The maximum absolute atomic E-state index is 6.31. The summed E-state index contributed by atoms with van der Waals surface area (Å²) in [5.41, 5.74) is 42.7. The molecular weight excluding hydrogens is 1430 g/mol. The van der Waals surface area contributed by atoms with Gasteiger partial charge in [-0.2, -0.15) is 9.71 Å². The maximum atomic E-state index is 6.31. The van der Waals surface area contributed by atoms with E-state index in [0.29, 0.717) is 48.1 Å². The van der Waals surface area contributed by atoms with Crippen molar-refractivity contribution in [2.45, 2.75) is 223 Å². The van der Waals surface area contributed by atoms with Gasteiger partial charge in [-0.05, 0) is 129 Å². The number of nitrogen functional groups attached to an aromatic ring is 4. The molecule has 9 heterocycles. The van der Waals surface area contributed by atoms with Crippen LogP contribution in [0.2, 0.25) is 0 Å². The number of hydrogen-bond acceptors (Lipinski definition) is 18. The van der Waals surface area contributed by atoms with E-state index in [2.05, 4.69) is 243 Å². The van der Waals surface area contributed by atoms with E-state index in [4.69, 9.17) is 42.7 Å². The molecule has 0 amide bonds. The minimum absolute atomic E-state index is 0.317. The molecule has 8 aromatic heterocycles. The first-order valence-electron chi connectivity index (χ1n) is 42.2. The number of imidazole rings is 3. The summed E-state index contributed by atoms with van der Waals surface area (Å²) in [4.78, 5) is 45.9. The van der Waals surface area contributed by atoms with Crippen molar-refractivity contribution < 1.29 is 4.84 Å². The van der Waals surface area contributed by atoms with Gasteiger partial charge < -0.3 is 62.7 Å². The molecule has 0 atom stereocenters. The zero-order valence-electron chi connectivity index (χ0n) is 69.7. The number of rotatable bonds is 34. The van der Waals surface area contributed by atoms with E-state index in [1.165, 1.54) is 59.3 Å². The highest BCUT2D eigenvalue weighted by Crippen LogP contribution is 2.34. The number of aromatic nitrogens is 12. The van der Waals surface area contributed by atoms with Crippen molar-refractivity contribution in [3.05, 3.63) is 209 Å². The molecule has 0 aliphatic carbocycles. The quantitative estimate of drug-likeness (QED) is 0.0174. The smallest absolute Gasteiger partial charge is 0.222 e. The number of unbranched alkanes of at least 4 members (excludes halogenated alkanes) is 5. The molecule has 0 radical (unpaired) electrons. The van der Waals surface area contributed by atoms with Crippen LogP contribution in [0.15, 0.2) is 158 Å². The monoisotopic (exact) mass is 1550 g/mol. The van der Waals surface area contributed by atoms with Gasteiger partial charge in [-0.3, -0.25) is 4.90 Å². The summed E-state index contributed by atoms with van der Waals surface area (Å²) in [6, 6.07) is 54.6. The summed E-state index contributed by atoms with van der Waals surface area (Å²) in [5.74, 6) is 5.73. The Balaban J connectivity index is 0.000000142. The lowest BCUT2D eigenvalue weighted by molar-refractivity contribution is 0.109. The second-order valence-electron chi connectivity index (χ2n) is 31.5. The second kappa shape index (κ2) is 41.0. The number of nitrogens with zero attached hydrogens (tertiary/aromatic N) is 13. The van der Waals surface area contributed by atoms with Crippen LogP contribution in [0.1, 0.15) is 197 Å². The fourth-order valence-corrected chi connectivity index (χ4v) is 14.9. The van der Waals surface area contributed by atoms with E-state index >= 15 is 0 Å². The summed E-state index contributed by atoms with van der Waals surface area (Å²) >= 11 is 0. The molecule has 0 unspecified atom stereocenters. The van der Waals surface area contributed by atoms with Gasteiger partial charge in [-0.15, -0.1) is 0 Å². The lowest BCUT2D eigenvalue weighted by Gasteiger charge is -2.16. The number of para-hydroxylation sites is 3. The third-order valence-corrected chi connectivity index (χ3v) is 21.1. The summed E-state index contributed by atoms with van der Waals surface area (Å²) in [6.45, 7) is 32.0. The van der Waals surface area contributed by atoms with E-state index in [-0.39, 0.29) is 0 Å². The SMILES string of the molecule is CCCCNc1nc(N)nc2ccn(Cc3cccc(CN4CCCC4)c3)c12.CCCCc1nc2c(N)nc3ccccc3c2n1Cc1ccc(CNC(C)C)cc1.CCCCc1nc2c(N)nc3ccccc3c2n1Cc1ccc(CNC(C)C)cc1.CCCCc1nc2c(N)nc3ccccc3c2n1OCCCCNC(C)C. The molecule has 1 fully saturated rings. The van der Waals surface area contributed by atoms with Crippen LogP contribution in [0.4, 0.5) is 29.2 Å². The Hall–Kier alpha value is -10.8. The third-order valence-electron chi connectivity index (χ3n) is 21.1. The summed E-state index contributed by atoms with van der Waals surface area (Å²) < 4.78 is 8.80. The summed E-state index contributed by atoms with van der Waals surface area (Å²) in [5, 5.41) is 17.1. The van der Waals surface area contributed by atoms with Crippen molar-refractivity contribution in [3.63, 3.8) is 0 Å². The minimum Gasteiger partial charge on any atom is -0.412 e. The highest BCUT2D eigenvalue weighted by atomic mass is 16.7. The molecule has 0 spiro atoms. The lowest BCUT2D eigenvalue weighted by Crippen LogP contribution is -2.24. The van der Waals surface area contributed by atoms with Crippen molar-refractivity contribution in [2.24, 2.45) is 0 Å². The van der Waals surface area contributed by atoms with Crippen molar-refractivity contribution in [2.75, 3.05) is 61.0 Å². The van der Waals surface area contributed by atoms with Crippen molar-refractivity contribution >= 4 is 106 Å². The Labute approximate surface area is 679 Å². The molecule has 14 aromatic rings. The molecule has 606 valence electrons. The highest BCUT2D eigenvalue weighted by molar-refractivity contribution is 6.08. The van der Waals surface area contributed by atoms with Gasteiger partial charge in [0.1, 0.15) is 51.7 Å². The average molecular weight is 1550 g/mol. The van der Waals surface area contributed by atoms with Crippen LogP contribution in [0, 0.1) is 0 Å². The van der Waals surface area contributed by atoms with E-state index in [9.17, 15) is 0 Å². The minimum atomic E-state index is 0.317. The zero-order valence-corrected chi connectivity index (χ0v) is 69.7. The van der Waals surface area contributed by atoms with Gasteiger partial charge in [0.2, 0.25) is 5.95 Å². The van der Waals surface area contributed by atoms with Gasteiger partial charge in [-0.25, -0.2) is 34.9 Å². The standard InChI is InChI=1S/2C25H31N5.C22H30N6.C21H31N5O/c2*1-4-5-10-22-29-23-24(20-8-6-7-9-21(20)28-25(23)26)30(22)16-19-13-11-18(12-14-19)15-27-17(2)3;1-2-3-10-24-21-20-19(25-22(23)26-21)9-13-28(20)16-18-8-6-7-17(14-18)15-27-11-4-5-12-27;1-4-5-12-18-25-19-20(16-10-6-7-11-17(16)24-21(19)22)26(18)27-14-9-8-13-23-15(2)3/h2*6-9,11-14,17,27H,4-5,10,15-16H2,1-3H3,(H2,26,28);6-9,13-14H,2-5,10-12,15-16H2,1H3,(H3,23,24,25,26);6-7,10-11,15,23H,4-5,8-9,12-14H2,1-3H3,(H2,22,24). The number of hydrogen-bond donors (Lipinski definition) is 8. The van der Waals surface area contributed by atoms with E-state index in [1.54, 1.807) is 0 Å². The van der Waals surface area contributed by atoms with E-state index in [1.807, 2.05) is 53.3 Å². The summed E-state index contributed by atoms with van der Waals surface area (Å²) in [6.07, 6.45) is 18.5. The average Bonchev–Trinajstić information content (AvgIpc) is 1.62. The molecule has 22 heteroatoms. The molecule has 1 aliphatic heterocycles. The number of fused-ring (bicyclic) bond motifs is 10.